The number of rotatable bonds is 11. The van der Waals surface area contributed by atoms with Crippen LogP contribution in [0, 0.1) is 0 Å². The molecule has 31 heavy (non-hydrogen) atoms. The second-order valence-corrected chi connectivity index (χ2v) is 8.11. The van der Waals surface area contributed by atoms with Gasteiger partial charge in [0.25, 0.3) is 0 Å². The Morgan fingerprint density at radius 2 is 1.84 bits per heavy atom. The maximum Gasteiger partial charge on any atom is 0.243 e. The van der Waals surface area contributed by atoms with Crippen molar-refractivity contribution in [1.29, 1.82) is 0 Å². The van der Waals surface area contributed by atoms with Crippen LogP contribution in [-0.4, -0.2) is 35.9 Å². The Hall–Kier alpha value is -2.53. The zero-order valence-electron chi connectivity index (χ0n) is 18.9. The number of nitrogens with zero attached hydrogens (tertiary/aromatic N) is 1. The molecule has 0 fully saturated rings. The van der Waals surface area contributed by atoms with Gasteiger partial charge in [-0.3, -0.25) is 9.59 Å². The molecule has 0 radical (unpaired) electrons. The van der Waals surface area contributed by atoms with E-state index in [1.165, 1.54) is 0 Å². The lowest BCUT2D eigenvalue weighted by Gasteiger charge is -2.31. The van der Waals surface area contributed by atoms with Gasteiger partial charge in [0.15, 0.2) is 0 Å². The minimum atomic E-state index is -0.543. The van der Waals surface area contributed by atoms with E-state index in [1.807, 2.05) is 69.3 Å². The predicted molar refractivity (Wildman–Crippen MR) is 125 cm³/mol. The Balaban J connectivity index is 2.25. The monoisotopic (exact) mass is 444 g/mol. The van der Waals surface area contributed by atoms with Gasteiger partial charge in [-0.2, -0.15) is 0 Å². The lowest BCUT2D eigenvalue weighted by molar-refractivity contribution is -0.141. The molecule has 2 unspecified atom stereocenters. The first-order chi connectivity index (χ1) is 14.9. The minimum absolute atomic E-state index is 0.0541. The summed E-state index contributed by atoms with van der Waals surface area (Å²) in [5.41, 5.74) is 1.84. The van der Waals surface area contributed by atoms with E-state index in [2.05, 4.69) is 5.32 Å². The van der Waals surface area contributed by atoms with E-state index in [1.54, 1.807) is 12.0 Å². The Kier molecular flexibility index (Phi) is 9.86. The number of aryl methyl sites for hydroxylation is 1. The molecule has 6 heteroatoms. The van der Waals surface area contributed by atoms with E-state index >= 15 is 0 Å². The summed E-state index contributed by atoms with van der Waals surface area (Å²) in [7, 11) is 1.61. The molecule has 5 nitrogen and oxygen atoms in total. The van der Waals surface area contributed by atoms with Gasteiger partial charge in [0.05, 0.1) is 7.11 Å². The quantitative estimate of drug-likeness (QED) is 0.530. The molecule has 0 aliphatic rings. The number of methoxy groups -OCH3 is 1. The average Bonchev–Trinajstić information content (AvgIpc) is 2.78. The van der Waals surface area contributed by atoms with E-state index in [0.717, 1.165) is 23.3 Å². The third-order valence-corrected chi connectivity index (χ3v) is 5.81. The third kappa shape index (κ3) is 7.28. The fourth-order valence-electron chi connectivity index (χ4n) is 3.41. The second-order valence-electron chi connectivity index (χ2n) is 7.71. The van der Waals surface area contributed by atoms with Crippen LogP contribution in [0.25, 0.3) is 0 Å². The van der Waals surface area contributed by atoms with Gasteiger partial charge < -0.3 is 15.0 Å². The van der Waals surface area contributed by atoms with Crippen molar-refractivity contribution < 1.29 is 14.3 Å². The molecule has 0 aromatic heterocycles. The van der Waals surface area contributed by atoms with Gasteiger partial charge in [-0.25, -0.2) is 0 Å². The molecule has 0 spiro atoms. The molecular weight excluding hydrogens is 412 g/mol. The number of nitrogens with one attached hydrogen (secondary N) is 1. The van der Waals surface area contributed by atoms with Crippen LogP contribution in [-0.2, 0) is 22.6 Å². The van der Waals surface area contributed by atoms with Gasteiger partial charge in [-0.1, -0.05) is 55.8 Å². The largest absolute Gasteiger partial charge is 0.497 e. The summed E-state index contributed by atoms with van der Waals surface area (Å²) in [4.78, 5) is 28.0. The number of hydrogen-bond donors (Lipinski definition) is 1. The Morgan fingerprint density at radius 3 is 2.48 bits per heavy atom. The van der Waals surface area contributed by atoms with Gasteiger partial charge >= 0.3 is 0 Å². The van der Waals surface area contributed by atoms with E-state index in [0.29, 0.717) is 24.4 Å². The maximum absolute atomic E-state index is 13.3. The van der Waals surface area contributed by atoms with E-state index in [9.17, 15) is 9.59 Å². The van der Waals surface area contributed by atoms with Crippen molar-refractivity contribution in [2.45, 2.75) is 65.1 Å². The van der Waals surface area contributed by atoms with Crippen molar-refractivity contribution in [3.8, 4) is 5.75 Å². The van der Waals surface area contributed by atoms with Crippen LogP contribution in [0.2, 0.25) is 5.02 Å². The first kappa shape index (κ1) is 24.7. The minimum Gasteiger partial charge on any atom is -0.497 e. The molecule has 2 amide bonds. The third-order valence-electron chi connectivity index (χ3n) is 5.44. The molecule has 0 saturated heterocycles. The van der Waals surface area contributed by atoms with Crippen LogP contribution in [0.5, 0.6) is 5.75 Å². The van der Waals surface area contributed by atoms with Crippen LogP contribution in [0.3, 0.4) is 0 Å². The van der Waals surface area contributed by atoms with Gasteiger partial charge in [-0.15, -0.1) is 0 Å². The molecule has 2 aromatic carbocycles. The van der Waals surface area contributed by atoms with Crippen molar-refractivity contribution in [3.05, 3.63) is 64.7 Å². The van der Waals surface area contributed by atoms with E-state index in [-0.39, 0.29) is 24.3 Å². The molecule has 168 valence electrons. The maximum atomic E-state index is 13.3. The van der Waals surface area contributed by atoms with Crippen molar-refractivity contribution >= 4 is 23.4 Å². The number of halogens is 1. The van der Waals surface area contributed by atoms with Crippen molar-refractivity contribution in [2.24, 2.45) is 0 Å². The topological polar surface area (TPSA) is 58.6 Å². The molecule has 0 aliphatic heterocycles. The molecular formula is C25H33ClN2O3. The predicted octanol–water partition coefficient (Wildman–Crippen LogP) is 5.00. The first-order valence-electron chi connectivity index (χ1n) is 10.9. The Morgan fingerprint density at radius 1 is 1.10 bits per heavy atom. The molecule has 0 aliphatic carbocycles. The van der Waals surface area contributed by atoms with Gasteiger partial charge in [0, 0.05) is 24.0 Å². The second kappa shape index (κ2) is 12.4. The normalized spacial score (nSPS) is 12.7. The SMILES string of the molecule is CCC(C)NC(=O)C(CC)N(Cc1cccc(OC)c1)C(=O)CCc1ccccc1Cl. The highest BCUT2D eigenvalue weighted by Gasteiger charge is 2.29. The zero-order valence-corrected chi connectivity index (χ0v) is 19.6. The average molecular weight is 445 g/mol. The smallest absolute Gasteiger partial charge is 0.243 e. The summed E-state index contributed by atoms with van der Waals surface area (Å²) in [5.74, 6) is 0.526. The van der Waals surface area contributed by atoms with Crippen LogP contribution >= 0.6 is 11.6 Å². The molecule has 0 saturated carbocycles. The molecule has 1 N–H and O–H groups in total. The first-order valence-corrected chi connectivity index (χ1v) is 11.2. The molecule has 2 atom stereocenters. The number of benzene rings is 2. The Labute approximate surface area is 190 Å². The molecule has 0 heterocycles. The summed E-state index contributed by atoms with van der Waals surface area (Å²) < 4.78 is 5.32. The number of ether oxygens (including phenoxy) is 1. The summed E-state index contributed by atoms with van der Waals surface area (Å²) in [6.45, 7) is 6.26. The van der Waals surface area contributed by atoms with Crippen molar-refractivity contribution in [3.63, 3.8) is 0 Å². The molecule has 2 rings (SSSR count). The molecule has 2 aromatic rings. The number of carbonyl (C=O) groups is 2. The van der Waals surface area contributed by atoms with E-state index in [4.69, 9.17) is 16.3 Å². The highest BCUT2D eigenvalue weighted by atomic mass is 35.5. The number of hydrogen-bond acceptors (Lipinski definition) is 3. The molecule has 0 bridgehead atoms. The number of amides is 2. The summed E-state index contributed by atoms with van der Waals surface area (Å²) in [6.07, 6.45) is 2.17. The lowest BCUT2D eigenvalue weighted by Crippen LogP contribution is -2.50. The van der Waals surface area contributed by atoms with Gasteiger partial charge in [0.1, 0.15) is 11.8 Å². The van der Waals surface area contributed by atoms with Gasteiger partial charge in [0.2, 0.25) is 11.8 Å². The van der Waals surface area contributed by atoms with Gasteiger partial charge in [-0.05, 0) is 55.5 Å². The summed E-state index contributed by atoms with van der Waals surface area (Å²) in [5, 5.41) is 3.68. The van der Waals surface area contributed by atoms with Crippen LogP contribution < -0.4 is 10.1 Å². The fourth-order valence-corrected chi connectivity index (χ4v) is 3.64. The Bertz CT molecular complexity index is 871. The van der Waals surface area contributed by atoms with Crippen LogP contribution in [0.1, 0.15) is 51.2 Å². The van der Waals surface area contributed by atoms with Crippen LogP contribution in [0.4, 0.5) is 0 Å². The lowest BCUT2D eigenvalue weighted by atomic mass is 10.1. The summed E-state index contributed by atoms with van der Waals surface area (Å²) >= 11 is 6.26. The number of carbonyl (C=O) groups excluding carboxylic acids is 2. The fraction of sp³-hybridized carbons (Fsp3) is 0.440. The zero-order chi connectivity index (χ0) is 22.8. The highest BCUT2D eigenvalue weighted by molar-refractivity contribution is 6.31. The van der Waals surface area contributed by atoms with E-state index < -0.39 is 6.04 Å². The van der Waals surface area contributed by atoms with Crippen LogP contribution in [0.15, 0.2) is 48.5 Å². The highest BCUT2D eigenvalue weighted by Crippen LogP contribution is 2.21. The standard InChI is InChI=1S/C25H33ClN2O3/c1-5-18(3)27-25(30)23(6-2)28(17-19-10-9-12-21(16-19)31-4)24(29)15-14-20-11-7-8-13-22(20)26/h7-13,16,18,23H,5-6,14-15,17H2,1-4H3,(H,27,30). The van der Waals surface area contributed by atoms with Crippen molar-refractivity contribution in [2.75, 3.05) is 7.11 Å². The van der Waals surface area contributed by atoms with Crippen molar-refractivity contribution in [1.82, 2.24) is 10.2 Å². The summed E-state index contributed by atoms with van der Waals surface area (Å²) in [6, 6.07) is 14.6.